The van der Waals surface area contributed by atoms with Gasteiger partial charge in [0, 0.05) is 19.5 Å². The van der Waals surface area contributed by atoms with Gasteiger partial charge in [-0.25, -0.2) is 0 Å². The highest BCUT2D eigenvalue weighted by Gasteiger charge is 2.20. The second-order valence-corrected chi connectivity index (χ2v) is 8.70. The van der Waals surface area contributed by atoms with Gasteiger partial charge in [-0.2, -0.15) is 0 Å². The zero-order valence-corrected chi connectivity index (χ0v) is 20.0. The molecule has 2 atom stereocenters. The summed E-state index contributed by atoms with van der Waals surface area (Å²) < 4.78 is 5.52. The third-order valence-corrected chi connectivity index (χ3v) is 6.02. The number of esters is 1. The third kappa shape index (κ3) is 16.1. The van der Waals surface area contributed by atoms with E-state index in [1.54, 1.807) is 0 Å². The number of hydrogen-bond donors (Lipinski definition) is 1. The van der Waals surface area contributed by atoms with Crippen LogP contribution in [0.4, 0.5) is 0 Å². The number of carbonyl (C=O) groups is 1. The number of halogens is 1. The van der Waals surface area contributed by atoms with Crippen molar-refractivity contribution in [2.24, 2.45) is 0 Å². The Morgan fingerprint density at radius 2 is 1.34 bits per heavy atom. The molecule has 1 aliphatic heterocycles. The van der Waals surface area contributed by atoms with Crippen LogP contribution < -0.4 is 0 Å². The molecule has 0 radical (unpaired) electrons. The van der Waals surface area contributed by atoms with Crippen molar-refractivity contribution in [1.82, 2.24) is 4.90 Å². The monoisotopic (exact) mass is 433 g/mol. The van der Waals surface area contributed by atoms with E-state index < -0.39 is 0 Å². The predicted octanol–water partition coefficient (Wildman–Crippen LogP) is 6.63. The Bertz CT molecular complexity index is 375. The summed E-state index contributed by atoms with van der Waals surface area (Å²) in [5, 5.41) is 10.0. The van der Waals surface area contributed by atoms with Gasteiger partial charge in [0.25, 0.3) is 0 Å². The summed E-state index contributed by atoms with van der Waals surface area (Å²) >= 11 is 0. The Hall–Kier alpha value is -0.320. The van der Waals surface area contributed by atoms with E-state index in [0.717, 1.165) is 45.2 Å². The Kier molecular flexibility index (Phi) is 19.4. The van der Waals surface area contributed by atoms with Crippen LogP contribution in [-0.2, 0) is 9.53 Å². The van der Waals surface area contributed by atoms with Crippen molar-refractivity contribution in [2.45, 2.75) is 135 Å². The highest BCUT2D eigenvalue weighted by atomic mass is 35.5. The highest BCUT2D eigenvalue weighted by molar-refractivity contribution is 5.85. The molecule has 0 amide bonds. The fraction of sp³-hybridized carbons (Fsp3) is 0.958. The molecule has 29 heavy (non-hydrogen) atoms. The summed E-state index contributed by atoms with van der Waals surface area (Å²) in [6.45, 7) is 6.35. The van der Waals surface area contributed by atoms with Crippen molar-refractivity contribution in [2.75, 3.05) is 13.1 Å². The smallest absolute Gasteiger partial charge is 0.307 e. The molecule has 1 N–H and O–H groups in total. The first kappa shape index (κ1) is 28.7. The van der Waals surface area contributed by atoms with E-state index in [1.165, 1.54) is 70.6 Å². The quantitative estimate of drug-likeness (QED) is 0.195. The average Bonchev–Trinajstić information content (AvgIpc) is 3.21. The minimum absolute atomic E-state index is 0. The first-order valence-corrected chi connectivity index (χ1v) is 12.2. The Balaban J connectivity index is 0.00000784. The molecule has 0 spiro atoms. The molecule has 1 fully saturated rings. The van der Waals surface area contributed by atoms with Crippen LogP contribution in [0, 0.1) is 0 Å². The molecule has 0 aromatic heterocycles. The summed E-state index contributed by atoms with van der Waals surface area (Å²) in [6, 6.07) is 0. The van der Waals surface area contributed by atoms with E-state index in [1.807, 2.05) is 6.92 Å². The third-order valence-electron chi connectivity index (χ3n) is 6.02. The van der Waals surface area contributed by atoms with Gasteiger partial charge >= 0.3 is 5.97 Å². The van der Waals surface area contributed by atoms with E-state index in [0.29, 0.717) is 6.42 Å². The number of unbranched alkanes of at least 4 members (excludes halogenated alkanes) is 10. The first-order valence-electron chi connectivity index (χ1n) is 12.2. The Labute approximate surface area is 186 Å². The summed E-state index contributed by atoms with van der Waals surface area (Å²) in [4.78, 5) is 14.2. The van der Waals surface area contributed by atoms with Crippen LogP contribution in [0.3, 0.4) is 0 Å². The molecular formula is C24H48ClNO3. The number of hydrogen-bond acceptors (Lipinski definition) is 4. The van der Waals surface area contributed by atoms with Crippen molar-refractivity contribution in [3.05, 3.63) is 0 Å². The van der Waals surface area contributed by atoms with E-state index >= 15 is 0 Å². The van der Waals surface area contributed by atoms with Crippen molar-refractivity contribution in [1.29, 1.82) is 0 Å². The maximum Gasteiger partial charge on any atom is 0.307 e. The number of carbonyl (C=O) groups excluding carboxylic acids is 1. The summed E-state index contributed by atoms with van der Waals surface area (Å²) in [5.74, 6) is -0.0442. The van der Waals surface area contributed by atoms with Crippen molar-refractivity contribution < 1.29 is 14.6 Å². The number of nitrogens with zero attached hydrogens (tertiary/aromatic N) is 1. The molecule has 0 aromatic carbocycles. The van der Waals surface area contributed by atoms with Gasteiger partial charge in [0.15, 0.2) is 6.23 Å². The molecule has 1 saturated heterocycles. The number of likely N-dealkylation sites (tertiary alicyclic amines) is 1. The van der Waals surface area contributed by atoms with Gasteiger partial charge in [-0.15, -0.1) is 12.4 Å². The molecule has 2 unspecified atom stereocenters. The lowest BCUT2D eigenvalue weighted by Gasteiger charge is -2.23. The maximum absolute atomic E-state index is 11.9. The van der Waals surface area contributed by atoms with Crippen LogP contribution in [0.2, 0.25) is 0 Å². The van der Waals surface area contributed by atoms with E-state index in [2.05, 4.69) is 11.8 Å². The van der Waals surface area contributed by atoms with Crippen LogP contribution in [-0.4, -0.2) is 41.4 Å². The normalized spacial score (nSPS) is 16.4. The summed E-state index contributed by atoms with van der Waals surface area (Å²) in [7, 11) is 0. The molecule has 1 aliphatic rings. The van der Waals surface area contributed by atoms with Crippen molar-refractivity contribution >= 4 is 18.4 Å². The molecule has 1 heterocycles. The van der Waals surface area contributed by atoms with Crippen LogP contribution in [0.5, 0.6) is 0 Å². The maximum atomic E-state index is 11.9. The van der Waals surface area contributed by atoms with Crippen molar-refractivity contribution in [3.63, 3.8) is 0 Å². The number of rotatable bonds is 18. The lowest BCUT2D eigenvalue weighted by molar-refractivity contribution is -0.156. The lowest BCUT2D eigenvalue weighted by atomic mass is 10.0. The van der Waals surface area contributed by atoms with Gasteiger partial charge in [-0.1, -0.05) is 77.6 Å². The van der Waals surface area contributed by atoms with Crippen LogP contribution in [0.15, 0.2) is 0 Å². The van der Waals surface area contributed by atoms with Crippen molar-refractivity contribution in [3.8, 4) is 0 Å². The second kappa shape index (κ2) is 19.6. The molecule has 4 nitrogen and oxygen atoms in total. The van der Waals surface area contributed by atoms with Gasteiger partial charge in [0.2, 0.25) is 0 Å². The van der Waals surface area contributed by atoms with Gasteiger partial charge in [-0.05, 0) is 39.0 Å². The fourth-order valence-corrected chi connectivity index (χ4v) is 4.09. The summed E-state index contributed by atoms with van der Waals surface area (Å²) in [6.07, 6.45) is 19.3. The molecule has 0 aliphatic carbocycles. The van der Waals surface area contributed by atoms with Crippen LogP contribution in [0.1, 0.15) is 123 Å². The van der Waals surface area contributed by atoms with E-state index in [4.69, 9.17) is 4.74 Å². The zero-order valence-electron chi connectivity index (χ0n) is 19.2. The SMILES string of the molecule is CCCCCCCCC(O)CCCCCCCCC(=O)OC(C)N1CCCC1.Cl. The molecular weight excluding hydrogens is 386 g/mol. The fourth-order valence-electron chi connectivity index (χ4n) is 4.09. The van der Waals surface area contributed by atoms with E-state index in [9.17, 15) is 9.90 Å². The number of ether oxygens (including phenoxy) is 1. The number of aliphatic hydroxyl groups is 1. The Morgan fingerprint density at radius 1 is 0.862 bits per heavy atom. The predicted molar refractivity (Wildman–Crippen MR) is 125 cm³/mol. The van der Waals surface area contributed by atoms with Gasteiger partial charge < -0.3 is 9.84 Å². The standard InChI is InChI=1S/C24H47NO3.ClH/c1-3-4-5-6-9-12-17-23(26)18-13-10-7-8-11-14-19-24(27)28-22(2)25-20-15-16-21-25;/h22-23,26H,3-21H2,1-2H3;1H. The summed E-state index contributed by atoms with van der Waals surface area (Å²) in [5.41, 5.74) is 0. The largest absolute Gasteiger partial charge is 0.447 e. The molecule has 5 heteroatoms. The van der Waals surface area contributed by atoms with Gasteiger partial charge in [-0.3, -0.25) is 9.69 Å². The molecule has 0 bridgehead atoms. The zero-order chi connectivity index (χ0) is 20.5. The Morgan fingerprint density at radius 3 is 1.90 bits per heavy atom. The second-order valence-electron chi connectivity index (χ2n) is 8.70. The van der Waals surface area contributed by atoms with Gasteiger partial charge in [0.1, 0.15) is 0 Å². The average molecular weight is 434 g/mol. The molecule has 0 saturated carbocycles. The molecule has 1 rings (SSSR count). The van der Waals surface area contributed by atoms with Crippen LogP contribution >= 0.6 is 12.4 Å². The number of aliphatic hydroxyl groups excluding tert-OH is 1. The minimum atomic E-state index is -0.0986. The molecule has 174 valence electrons. The minimum Gasteiger partial charge on any atom is -0.447 e. The lowest BCUT2D eigenvalue weighted by Crippen LogP contribution is -2.34. The van der Waals surface area contributed by atoms with E-state index in [-0.39, 0.29) is 30.7 Å². The van der Waals surface area contributed by atoms with Crippen LogP contribution in [0.25, 0.3) is 0 Å². The topological polar surface area (TPSA) is 49.8 Å². The van der Waals surface area contributed by atoms with Gasteiger partial charge in [0.05, 0.1) is 6.10 Å². The molecule has 0 aromatic rings. The first-order chi connectivity index (χ1) is 13.6. The highest BCUT2D eigenvalue weighted by Crippen LogP contribution is 2.16.